The van der Waals surface area contributed by atoms with Crippen molar-refractivity contribution in [2.75, 3.05) is 26.2 Å². The van der Waals surface area contributed by atoms with Gasteiger partial charge in [0.1, 0.15) is 0 Å². The maximum Gasteiger partial charge on any atom is 0.254 e. The largest absolute Gasteiger partial charge is 0.338 e. The molecule has 0 saturated carbocycles. The van der Waals surface area contributed by atoms with Crippen LogP contribution in [0.3, 0.4) is 0 Å². The Balaban J connectivity index is 1.62. The first kappa shape index (κ1) is 15.1. The highest BCUT2D eigenvalue weighted by molar-refractivity contribution is 6.15. The monoisotopic (exact) mass is 320 g/mol. The van der Waals surface area contributed by atoms with Gasteiger partial charge < -0.3 is 10.2 Å². The van der Waals surface area contributed by atoms with Gasteiger partial charge >= 0.3 is 0 Å². The molecule has 2 aliphatic rings. The van der Waals surface area contributed by atoms with Gasteiger partial charge in [-0.1, -0.05) is 48.5 Å². The fraction of sp³-hybridized carbons (Fsp3) is 0.300. The third-order valence-corrected chi connectivity index (χ3v) is 5.11. The van der Waals surface area contributed by atoms with Gasteiger partial charge in [0.2, 0.25) is 0 Å². The topological polar surface area (TPSA) is 49.4 Å². The highest BCUT2D eigenvalue weighted by Gasteiger charge is 2.38. The molecule has 0 aliphatic carbocycles. The lowest BCUT2D eigenvalue weighted by atomic mass is 9.97. The molecule has 2 fully saturated rings. The van der Waals surface area contributed by atoms with Crippen LogP contribution in [0.5, 0.6) is 0 Å². The summed E-state index contributed by atoms with van der Waals surface area (Å²) in [6.45, 7) is 3.53. The average Bonchev–Trinajstić information content (AvgIpc) is 3.23. The van der Waals surface area contributed by atoms with E-state index in [0.29, 0.717) is 28.5 Å². The fourth-order valence-electron chi connectivity index (χ4n) is 3.80. The van der Waals surface area contributed by atoms with Crippen molar-refractivity contribution in [3.8, 4) is 0 Å². The molecule has 0 spiro atoms. The molecule has 4 heteroatoms. The number of amides is 1. The Kier molecular flexibility index (Phi) is 3.90. The van der Waals surface area contributed by atoms with Crippen molar-refractivity contribution in [2.24, 2.45) is 11.8 Å². The van der Waals surface area contributed by atoms with Gasteiger partial charge in [0.25, 0.3) is 5.91 Å². The van der Waals surface area contributed by atoms with Crippen molar-refractivity contribution >= 4 is 11.7 Å². The maximum atomic E-state index is 13.0. The summed E-state index contributed by atoms with van der Waals surface area (Å²) in [5.41, 5.74) is 1.61. The Morgan fingerprint density at radius 1 is 0.833 bits per heavy atom. The van der Waals surface area contributed by atoms with Gasteiger partial charge in [-0.3, -0.25) is 9.59 Å². The van der Waals surface area contributed by atoms with E-state index in [1.807, 2.05) is 35.2 Å². The van der Waals surface area contributed by atoms with Gasteiger partial charge in [0.15, 0.2) is 5.78 Å². The van der Waals surface area contributed by atoms with E-state index < -0.39 is 0 Å². The molecule has 2 saturated heterocycles. The minimum atomic E-state index is -0.0967. The second kappa shape index (κ2) is 6.21. The first-order valence-corrected chi connectivity index (χ1v) is 8.43. The van der Waals surface area contributed by atoms with Gasteiger partial charge in [0, 0.05) is 37.3 Å². The summed E-state index contributed by atoms with van der Waals surface area (Å²) in [6, 6.07) is 16.3. The van der Waals surface area contributed by atoms with E-state index in [0.717, 1.165) is 26.2 Å². The fourth-order valence-corrected chi connectivity index (χ4v) is 3.80. The van der Waals surface area contributed by atoms with Gasteiger partial charge in [-0.2, -0.15) is 0 Å². The number of carbonyl (C=O) groups is 2. The Labute approximate surface area is 141 Å². The summed E-state index contributed by atoms with van der Waals surface area (Å²) in [5.74, 6) is 0.974. The van der Waals surface area contributed by atoms with E-state index in [1.165, 1.54) is 0 Å². The SMILES string of the molecule is O=C(c1ccccc1)c1ccccc1C(=O)N1C[C@H]2CNC[C@H]2C1. The van der Waals surface area contributed by atoms with E-state index >= 15 is 0 Å². The second-order valence-corrected chi connectivity index (χ2v) is 6.63. The van der Waals surface area contributed by atoms with Gasteiger partial charge in [0.05, 0.1) is 5.56 Å². The summed E-state index contributed by atoms with van der Waals surface area (Å²) in [7, 11) is 0. The number of likely N-dealkylation sites (tertiary alicyclic amines) is 1. The number of benzene rings is 2. The third kappa shape index (κ3) is 2.63. The zero-order chi connectivity index (χ0) is 16.5. The Morgan fingerprint density at radius 3 is 2.08 bits per heavy atom. The number of rotatable bonds is 3. The van der Waals surface area contributed by atoms with Crippen molar-refractivity contribution in [3.05, 3.63) is 71.3 Å². The van der Waals surface area contributed by atoms with E-state index in [1.54, 1.807) is 24.3 Å². The van der Waals surface area contributed by atoms with Crippen LogP contribution in [-0.2, 0) is 0 Å². The Morgan fingerprint density at radius 2 is 1.42 bits per heavy atom. The molecule has 2 heterocycles. The summed E-state index contributed by atoms with van der Waals surface area (Å²) < 4.78 is 0. The normalized spacial score (nSPS) is 22.4. The Bertz CT molecular complexity index is 760. The zero-order valence-electron chi connectivity index (χ0n) is 13.4. The smallest absolute Gasteiger partial charge is 0.254 e. The molecule has 2 aliphatic heterocycles. The zero-order valence-corrected chi connectivity index (χ0v) is 13.4. The van der Waals surface area contributed by atoms with Crippen LogP contribution in [0, 0.1) is 11.8 Å². The third-order valence-electron chi connectivity index (χ3n) is 5.11. The Hall–Kier alpha value is -2.46. The molecule has 0 bridgehead atoms. The number of carbonyl (C=O) groups excluding carboxylic acids is 2. The molecule has 4 rings (SSSR count). The lowest BCUT2D eigenvalue weighted by molar-refractivity contribution is 0.0777. The summed E-state index contributed by atoms with van der Waals surface area (Å²) in [6.07, 6.45) is 0. The van der Waals surface area contributed by atoms with Gasteiger partial charge in [-0.05, 0) is 17.9 Å². The van der Waals surface area contributed by atoms with Crippen molar-refractivity contribution in [1.82, 2.24) is 10.2 Å². The lowest BCUT2D eigenvalue weighted by Gasteiger charge is -2.19. The van der Waals surface area contributed by atoms with Gasteiger partial charge in [-0.15, -0.1) is 0 Å². The molecule has 4 nitrogen and oxygen atoms in total. The van der Waals surface area contributed by atoms with Crippen molar-refractivity contribution in [3.63, 3.8) is 0 Å². The molecular formula is C20H20N2O2. The molecule has 0 unspecified atom stereocenters. The number of nitrogens with zero attached hydrogens (tertiary/aromatic N) is 1. The molecular weight excluding hydrogens is 300 g/mol. The van der Waals surface area contributed by atoms with E-state index in [9.17, 15) is 9.59 Å². The first-order valence-electron chi connectivity index (χ1n) is 8.43. The number of ketones is 1. The van der Waals surface area contributed by atoms with Crippen molar-refractivity contribution < 1.29 is 9.59 Å². The van der Waals surface area contributed by atoms with E-state index in [2.05, 4.69) is 5.32 Å². The van der Waals surface area contributed by atoms with E-state index in [4.69, 9.17) is 0 Å². The average molecular weight is 320 g/mol. The van der Waals surface area contributed by atoms with Crippen LogP contribution in [-0.4, -0.2) is 42.8 Å². The van der Waals surface area contributed by atoms with Gasteiger partial charge in [-0.25, -0.2) is 0 Å². The van der Waals surface area contributed by atoms with Crippen LogP contribution in [0.2, 0.25) is 0 Å². The molecule has 0 aromatic heterocycles. The maximum absolute atomic E-state index is 13.0. The van der Waals surface area contributed by atoms with Crippen molar-refractivity contribution in [1.29, 1.82) is 0 Å². The summed E-state index contributed by atoms with van der Waals surface area (Å²) in [4.78, 5) is 27.7. The molecule has 122 valence electrons. The number of fused-ring (bicyclic) bond motifs is 1. The summed E-state index contributed by atoms with van der Waals surface area (Å²) in [5, 5.41) is 3.38. The van der Waals surface area contributed by atoms with Crippen LogP contribution < -0.4 is 5.32 Å². The number of hydrogen-bond donors (Lipinski definition) is 1. The van der Waals surface area contributed by atoms with Crippen LogP contribution in [0.15, 0.2) is 54.6 Å². The minimum Gasteiger partial charge on any atom is -0.338 e. The molecule has 0 radical (unpaired) electrons. The second-order valence-electron chi connectivity index (χ2n) is 6.63. The van der Waals surface area contributed by atoms with Crippen LogP contribution in [0.1, 0.15) is 26.3 Å². The minimum absolute atomic E-state index is 0.0238. The van der Waals surface area contributed by atoms with Crippen molar-refractivity contribution in [2.45, 2.75) is 0 Å². The van der Waals surface area contributed by atoms with E-state index in [-0.39, 0.29) is 11.7 Å². The number of hydrogen-bond acceptors (Lipinski definition) is 3. The number of nitrogens with one attached hydrogen (secondary N) is 1. The quantitative estimate of drug-likeness (QED) is 0.882. The highest BCUT2D eigenvalue weighted by Crippen LogP contribution is 2.28. The van der Waals surface area contributed by atoms with Crippen LogP contribution in [0.25, 0.3) is 0 Å². The predicted molar refractivity (Wildman–Crippen MR) is 92.1 cm³/mol. The lowest BCUT2D eigenvalue weighted by Crippen LogP contribution is -2.32. The predicted octanol–water partition coefficient (Wildman–Crippen LogP) is 2.21. The highest BCUT2D eigenvalue weighted by atomic mass is 16.2. The molecule has 1 N–H and O–H groups in total. The first-order chi connectivity index (χ1) is 11.7. The van der Waals surface area contributed by atoms with Crippen LogP contribution in [0.4, 0.5) is 0 Å². The molecule has 2 aromatic rings. The van der Waals surface area contributed by atoms with Crippen LogP contribution >= 0.6 is 0 Å². The molecule has 24 heavy (non-hydrogen) atoms. The summed E-state index contributed by atoms with van der Waals surface area (Å²) >= 11 is 0. The molecule has 2 atom stereocenters. The standard InChI is InChI=1S/C20H20N2O2/c23-19(14-6-2-1-3-7-14)17-8-4-5-9-18(17)20(24)22-12-15-10-21-11-16(15)13-22/h1-9,15-16,21H,10-13H2/t15-,16+. The molecule has 2 aromatic carbocycles. The molecule has 1 amide bonds.